The summed E-state index contributed by atoms with van der Waals surface area (Å²) < 4.78 is 0. The van der Waals surface area contributed by atoms with E-state index < -0.39 is 0 Å². The van der Waals surface area contributed by atoms with Gasteiger partial charge in [0.1, 0.15) is 0 Å². The van der Waals surface area contributed by atoms with Gasteiger partial charge in [0, 0.05) is 0 Å². The van der Waals surface area contributed by atoms with E-state index in [2.05, 4.69) is 0 Å². The van der Waals surface area contributed by atoms with Crippen molar-refractivity contribution < 1.29 is 4.79 Å². The van der Waals surface area contributed by atoms with Crippen LogP contribution in [0.2, 0.25) is 0 Å². The Morgan fingerprint density at radius 1 is 1.12 bits per heavy atom. The van der Waals surface area contributed by atoms with Crippen molar-refractivity contribution in [3.05, 3.63) is 34.2 Å². The molecule has 0 saturated heterocycles. The minimum absolute atomic E-state index is 0.248. The van der Waals surface area contributed by atoms with Crippen molar-refractivity contribution >= 4 is 52.2 Å². The maximum absolute atomic E-state index is 10.8. The minimum atomic E-state index is -0.335. The molecule has 1 aromatic carbocycles. The Labute approximate surface area is 103 Å². The van der Waals surface area contributed by atoms with Crippen molar-refractivity contribution in [1.82, 2.24) is 0 Å². The molecule has 0 aliphatic heterocycles. The van der Waals surface area contributed by atoms with Crippen LogP contribution >= 0.6 is 24.4 Å². The number of amides is 1. The van der Waals surface area contributed by atoms with Gasteiger partial charge in [-0.2, -0.15) is 0 Å². The molecule has 1 aliphatic carbocycles. The van der Waals surface area contributed by atoms with Crippen molar-refractivity contribution in [2.24, 2.45) is 5.73 Å². The van der Waals surface area contributed by atoms with Crippen LogP contribution in [-0.2, 0) is 11.2 Å². The second kappa shape index (κ2) is 4.23. The number of hydrogen-bond donors (Lipinski definition) is 1. The summed E-state index contributed by atoms with van der Waals surface area (Å²) in [6.07, 6.45) is 3.98. The third-order valence-corrected chi connectivity index (χ3v) is 3.15. The van der Waals surface area contributed by atoms with E-state index in [4.69, 9.17) is 30.2 Å². The summed E-state index contributed by atoms with van der Waals surface area (Å²) >= 11 is 10.2. The fraction of sp³-hybridized carbons (Fsp3) is 0.0833. The molecular formula is C12H9NOS2. The van der Waals surface area contributed by atoms with Gasteiger partial charge < -0.3 is 5.73 Å². The number of hydrogen-bond acceptors (Lipinski definition) is 3. The van der Waals surface area contributed by atoms with Crippen LogP contribution in [0.5, 0.6) is 0 Å². The molecule has 2 nitrogen and oxygen atoms in total. The van der Waals surface area contributed by atoms with Crippen molar-refractivity contribution in [2.75, 3.05) is 0 Å². The van der Waals surface area contributed by atoms with Crippen molar-refractivity contribution in [2.45, 2.75) is 6.42 Å². The first-order valence-corrected chi connectivity index (χ1v) is 5.57. The molecule has 1 aromatic rings. The van der Waals surface area contributed by atoms with Gasteiger partial charge in [0.15, 0.2) is 0 Å². The number of primary amides is 1. The summed E-state index contributed by atoms with van der Waals surface area (Å²) in [5.74, 6) is -0.335. The molecule has 0 spiro atoms. The summed E-state index contributed by atoms with van der Waals surface area (Å²) in [6, 6.07) is 5.73. The van der Waals surface area contributed by atoms with Crippen LogP contribution < -0.4 is 16.2 Å². The maximum atomic E-state index is 10.8. The largest absolute Gasteiger partial charge is 0.369 e. The lowest BCUT2D eigenvalue weighted by Crippen LogP contribution is -2.32. The molecule has 0 atom stereocenters. The second-order valence-corrected chi connectivity index (χ2v) is 4.50. The zero-order valence-electron chi connectivity index (χ0n) is 8.40. The molecule has 0 heterocycles. The number of thiocarbonyl (C=S) groups is 2. The van der Waals surface area contributed by atoms with Gasteiger partial charge in [-0.15, -0.1) is 0 Å². The third kappa shape index (κ3) is 2.23. The Balaban J connectivity index is 2.56. The van der Waals surface area contributed by atoms with E-state index in [9.17, 15) is 4.79 Å². The molecule has 0 radical (unpaired) electrons. The zero-order chi connectivity index (χ0) is 11.7. The quantitative estimate of drug-likeness (QED) is 0.750. The Morgan fingerprint density at radius 3 is 2.38 bits per heavy atom. The van der Waals surface area contributed by atoms with Crippen LogP contribution in [0.15, 0.2) is 18.2 Å². The van der Waals surface area contributed by atoms with E-state index in [0.717, 1.165) is 16.0 Å². The fourth-order valence-electron chi connectivity index (χ4n) is 1.62. The predicted octanol–water partition coefficient (Wildman–Crippen LogP) is 0.0288. The summed E-state index contributed by atoms with van der Waals surface area (Å²) in [6.45, 7) is 0. The SMILES string of the molecule is NC(=O)Cc1ccc2c(c1)=CC(=S)C(=S)C=2. The maximum Gasteiger partial charge on any atom is 0.221 e. The van der Waals surface area contributed by atoms with E-state index >= 15 is 0 Å². The van der Waals surface area contributed by atoms with Gasteiger partial charge >= 0.3 is 0 Å². The number of carbonyl (C=O) groups excluding carboxylic acids is 1. The van der Waals surface area contributed by atoms with E-state index in [1.54, 1.807) is 0 Å². The average molecular weight is 247 g/mol. The van der Waals surface area contributed by atoms with Crippen molar-refractivity contribution in [3.63, 3.8) is 0 Å². The highest BCUT2D eigenvalue weighted by Crippen LogP contribution is 1.97. The number of rotatable bonds is 2. The molecule has 1 aliphatic rings. The molecule has 0 unspecified atom stereocenters. The first-order chi connectivity index (χ1) is 7.56. The van der Waals surface area contributed by atoms with Gasteiger partial charge in [-0.1, -0.05) is 42.6 Å². The number of carbonyl (C=O) groups is 1. The normalized spacial score (nSPS) is 13.8. The number of fused-ring (bicyclic) bond motifs is 1. The molecule has 0 bridgehead atoms. The van der Waals surface area contributed by atoms with Gasteiger partial charge in [-0.25, -0.2) is 0 Å². The van der Waals surface area contributed by atoms with E-state index in [0.29, 0.717) is 9.73 Å². The summed E-state index contributed by atoms with van der Waals surface area (Å²) in [7, 11) is 0. The Morgan fingerprint density at radius 2 is 1.75 bits per heavy atom. The lowest BCUT2D eigenvalue weighted by molar-refractivity contribution is -0.117. The van der Waals surface area contributed by atoms with Crippen LogP contribution in [0.25, 0.3) is 12.2 Å². The Kier molecular flexibility index (Phi) is 2.94. The molecule has 0 aromatic heterocycles. The zero-order valence-corrected chi connectivity index (χ0v) is 10.0. The Bertz CT molecular complexity index is 616. The lowest BCUT2D eigenvalue weighted by Gasteiger charge is -2.04. The molecule has 2 N–H and O–H groups in total. The van der Waals surface area contributed by atoms with Crippen LogP contribution in [0.4, 0.5) is 0 Å². The van der Waals surface area contributed by atoms with Crippen LogP contribution in [-0.4, -0.2) is 15.6 Å². The molecular weight excluding hydrogens is 238 g/mol. The first kappa shape index (κ1) is 11.1. The molecule has 0 saturated carbocycles. The van der Waals surface area contributed by atoms with Crippen molar-refractivity contribution in [3.8, 4) is 0 Å². The monoisotopic (exact) mass is 247 g/mol. The highest BCUT2D eigenvalue weighted by molar-refractivity contribution is 7.90. The summed E-state index contributed by atoms with van der Waals surface area (Å²) in [5, 5.41) is 2.03. The Hall–Kier alpha value is -1.39. The van der Waals surface area contributed by atoms with Gasteiger partial charge in [0.25, 0.3) is 0 Å². The smallest absolute Gasteiger partial charge is 0.221 e. The second-order valence-electron chi connectivity index (χ2n) is 3.62. The van der Waals surface area contributed by atoms with Gasteiger partial charge in [0.05, 0.1) is 16.1 Å². The van der Waals surface area contributed by atoms with E-state index in [-0.39, 0.29) is 12.3 Å². The predicted molar refractivity (Wildman–Crippen MR) is 72.7 cm³/mol. The molecule has 0 fully saturated rings. The highest BCUT2D eigenvalue weighted by Gasteiger charge is 2.05. The van der Waals surface area contributed by atoms with Crippen LogP contribution in [0.3, 0.4) is 0 Å². The van der Waals surface area contributed by atoms with Crippen LogP contribution in [0.1, 0.15) is 5.56 Å². The standard InChI is InChI=1S/C12H9NOS2/c13-12(14)4-7-1-2-8-5-10(15)11(16)6-9(8)3-7/h1-3,5-6H,4H2,(H2,13,14). The summed E-state index contributed by atoms with van der Waals surface area (Å²) in [5.41, 5.74) is 6.04. The van der Waals surface area contributed by atoms with Gasteiger partial charge in [-0.05, 0) is 28.2 Å². The number of benzene rings is 1. The molecule has 4 heteroatoms. The van der Waals surface area contributed by atoms with E-state index in [1.807, 2.05) is 30.4 Å². The van der Waals surface area contributed by atoms with Crippen LogP contribution in [0, 0.1) is 0 Å². The lowest BCUT2D eigenvalue weighted by atomic mass is 10.0. The van der Waals surface area contributed by atoms with E-state index in [1.165, 1.54) is 0 Å². The van der Waals surface area contributed by atoms with Crippen molar-refractivity contribution in [1.29, 1.82) is 0 Å². The van der Waals surface area contributed by atoms with Gasteiger partial charge in [-0.3, -0.25) is 4.79 Å². The molecule has 16 heavy (non-hydrogen) atoms. The molecule has 2 rings (SSSR count). The number of nitrogens with two attached hydrogens (primary N) is 1. The van der Waals surface area contributed by atoms with Gasteiger partial charge in [0.2, 0.25) is 5.91 Å². The first-order valence-electron chi connectivity index (χ1n) is 4.75. The summed E-state index contributed by atoms with van der Waals surface area (Å²) in [4.78, 5) is 12.2. The fourth-order valence-corrected chi connectivity index (χ4v) is 1.99. The molecule has 80 valence electrons. The molecule has 1 amide bonds. The third-order valence-electron chi connectivity index (χ3n) is 2.35. The average Bonchev–Trinajstić information content (AvgIpc) is 2.19. The topological polar surface area (TPSA) is 43.1 Å². The highest BCUT2D eigenvalue weighted by atomic mass is 32.1. The minimum Gasteiger partial charge on any atom is -0.369 e.